The predicted octanol–water partition coefficient (Wildman–Crippen LogP) is 4.21. The molecule has 2 aromatic rings. The first-order chi connectivity index (χ1) is 12.1. The van der Waals surface area contributed by atoms with Crippen molar-refractivity contribution in [2.24, 2.45) is 0 Å². The Kier molecular flexibility index (Phi) is 4.28. The van der Waals surface area contributed by atoms with Crippen molar-refractivity contribution in [2.75, 3.05) is 6.54 Å². The van der Waals surface area contributed by atoms with Crippen LogP contribution in [0, 0.1) is 0 Å². The van der Waals surface area contributed by atoms with Crippen molar-refractivity contribution in [3.63, 3.8) is 0 Å². The fraction of sp³-hybridized carbons (Fsp3) is 0.476. The van der Waals surface area contributed by atoms with E-state index in [2.05, 4.69) is 60.3 Å². The lowest BCUT2D eigenvalue weighted by atomic mass is 9.89. The van der Waals surface area contributed by atoms with Crippen LogP contribution in [0.3, 0.4) is 0 Å². The zero-order chi connectivity index (χ0) is 17.4. The summed E-state index contributed by atoms with van der Waals surface area (Å²) in [6.07, 6.45) is 7.04. The lowest BCUT2D eigenvalue weighted by molar-refractivity contribution is 0.159. The van der Waals surface area contributed by atoms with Gasteiger partial charge in [0.25, 0.3) is 0 Å². The third kappa shape index (κ3) is 3.06. The summed E-state index contributed by atoms with van der Waals surface area (Å²) in [6, 6.07) is 11.1. The van der Waals surface area contributed by atoms with E-state index in [0.29, 0.717) is 0 Å². The number of nitrogens with zero attached hydrogens (tertiary/aromatic N) is 2. The fourth-order valence-electron chi connectivity index (χ4n) is 4.23. The molecule has 25 heavy (non-hydrogen) atoms. The Hall–Kier alpha value is -2.23. The molecule has 0 saturated heterocycles. The normalized spacial score (nSPS) is 20.6. The molecule has 2 unspecified atom stereocenters. The van der Waals surface area contributed by atoms with Crippen LogP contribution in [0.1, 0.15) is 61.2 Å². The van der Waals surface area contributed by atoms with Gasteiger partial charge in [-0.1, -0.05) is 18.2 Å². The quantitative estimate of drug-likeness (QED) is 0.875. The van der Waals surface area contributed by atoms with Gasteiger partial charge in [-0.3, -0.25) is 0 Å². The maximum Gasteiger partial charge on any atom is 0.318 e. The number of hydrogen-bond acceptors (Lipinski definition) is 1. The molecule has 4 rings (SSSR count). The van der Waals surface area contributed by atoms with Crippen LogP contribution in [0.25, 0.3) is 0 Å². The van der Waals surface area contributed by atoms with Crippen molar-refractivity contribution in [2.45, 2.75) is 58.2 Å². The van der Waals surface area contributed by atoms with Crippen LogP contribution in [0.2, 0.25) is 0 Å². The van der Waals surface area contributed by atoms with Crippen LogP contribution in [0.5, 0.6) is 0 Å². The molecule has 1 aliphatic carbocycles. The molecule has 2 atom stereocenters. The number of rotatable bonds is 2. The highest BCUT2D eigenvalue weighted by molar-refractivity contribution is 5.75. The summed E-state index contributed by atoms with van der Waals surface area (Å²) < 4.78 is 2.24. The smallest absolute Gasteiger partial charge is 0.318 e. The zero-order valence-electron chi connectivity index (χ0n) is 15.2. The Labute approximate surface area is 149 Å². The minimum absolute atomic E-state index is 0.0284. The fourth-order valence-corrected chi connectivity index (χ4v) is 4.23. The Bertz CT molecular complexity index is 779. The van der Waals surface area contributed by atoms with Gasteiger partial charge in [0.15, 0.2) is 0 Å². The molecular formula is C21H27N3O. The van der Waals surface area contributed by atoms with E-state index in [1.807, 2.05) is 4.90 Å². The highest BCUT2D eigenvalue weighted by Gasteiger charge is 2.28. The van der Waals surface area contributed by atoms with Crippen molar-refractivity contribution in [1.82, 2.24) is 14.8 Å². The van der Waals surface area contributed by atoms with Crippen LogP contribution in [0.4, 0.5) is 4.79 Å². The minimum Gasteiger partial charge on any atom is -0.348 e. The lowest BCUT2D eigenvalue weighted by Gasteiger charge is -2.35. The Morgan fingerprint density at radius 1 is 1.16 bits per heavy atom. The third-order valence-corrected chi connectivity index (χ3v) is 5.82. The second kappa shape index (κ2) is 6.58. The Morgan fingerprint density at radius 3 is 2.80 bits per heavy atom. The van der Waals surface area contributed by atoms with Gasteiger partial charge >= 0.3 is 6.03 Å². The maximum absolute atomic E-state index is 12.8. The number of amides is 2. The summed E-state index contributed by atoms with van der Waals surface area (Å²) in [5.41, 5.74) is 5.37. The molecule has 2 heterocycles. The second-order valence-corrected chi connectivity index (χ2v) is 7.40. The molecule has 1 aromatic carbocycles. The van der Waals surface area contributed by atoms with Gasteiger partial charge in [-0.25, -0.2) is 4.79 Å². The van der Waals surface area contributed by atoms with Gasteiger partial charge in [0.05, 0.1) is 12.1 Å². The van der Waals surface area contributed by atoms with Gasteiger partial charge in [0, 0.05) is 25.0 Å². The second-order valence-electron chi connectivity index (χ2n) is 7.40. The molecule has 1 aliphatic heterocycles. The van der Waals surface area contributed by atoms with Crippen LogP contribution >= 0.6 is 0 Å². The molecule has 0 spiro atoms. The molecule has 1 N–H and O–H groups in total. The van der Waals surface area contributed by atoms with Gasteiger partial charge in [-0.2, -0.15) is 0 Å². The average molecular weight is 337 g/mol. The highest BCUT2D eigenvalue weighted by Crippen LogP contribution is 2.27. The van der Waals surface area contributed by atoms with Gasteiger partial charge in [0.2, 0.25) is 0 Å². The molecular weight excluding hydrogens is 310 g/mol. The summed E-state index contributed by atoms with van der Waals surface area (Å²) in [5.74, 6) is 0. The van der Waals surface area contributed by atoms with Gasteiger partial charge in [-0.05, 0) is 68.4 Å². The number of hydrogen-bond donors (Lipinski definition) is 1. The lowest BCUT2D eigenvalue weighted by Crippen LogP contribution is -2.46. The van der Waals surface area contributed by atoms with Crippen LogP contribution in [-0.2, 0) is 19.4 Å². The monoisotopic (exact) mass is 337 g/mol. The SMILES string of the molecule is CC(NC(=O)N1CCn2cccc2C1C)c1ccc2c(c1)CCCC2. The van der Waals surface area contributed by atoms with Crippen LogP contribution < -0.4 is 5.32 Å². The van der Waals surface area contributed by atoms with E-state index >= 15 is 0 Å². The Balaban J connectivity index is 1.46. The molecule has 0 radical (unpaired) electrons. The summed E-state index contributed by atoms with van der Waals surface area (Å²) in [4.78, 5) is 14.8. The molecule has 132 valence electrons. The minimum atomic E-state index is 0.0284. The average Bonchev–Trinajstić information content (AvgIpc) is 3.11. The summed E-state index contributed by atoms with van der Waals surface area (Å²) in [6.45, 7) is 5.81. The summed E-state index contributed by atoms with van der Waals surface area (Å²) in [5, 5.41) is 3.20. The van der Waals surface area contributed by atoms with Gasteiger partial charge in [-0.15, -0.1) is 0 Å². The largest absolute Gasteiger partial charge is 0.348 e. The highest BCUT2D eigenvalue weighted by atomic mass is 16.2. The van der Waals surface area contributed by atoms with Crippen LogP contribution in [0.15, 0.2) is 36.5 Å². The van der Waals surface area contributed by atoms with Crippen LogP contribution in [-0.4, -0.2) is 22.0 Å². The molecule has 0 saturated carbocycles. The molecule has 1 aromatic heterocycles. The first-order valence-corrected chi connectivity index (χ1v) is 9.47. The van der Waals surface area contributed by atoms with Crippen molar-refractivity contribution in [3.05, 3.63) is 58.9 Å². The molecule has 2 aliphatic rings. The van der Waals surface area contributed by atoms with E-state index in [4.69, 9.17) is 0 Å². The van der Waals surface area contributed by atoms with E-state index in [9.17, 15) is 4.79 Å². The predicted molar refractivity (Wildman–Crippen MR) is 99.6 cm³/mol. The molecule has 0 fully saturated rings. The molecule has 4 heteroatoms. The van der Waals surface area contributed by atoms with Crippen molar-refractivity contribution >= 4 is 6.03 Å². The number of nitrogens with one attached hydrogen (secondary N) is 1. The molecule has 4 nitrogen and oxygen atoms in total. The maximum atomic E-state index is 12.8. The van der Waals surface area contributed by atoms with Crippen molar-refractivity contribution < 1.29 is 4.79 Å². The number of aromatic nitrogens is 1. The topological polar surface area (TPSA) is 37.3 Å². The molecule has 2 amide bonds. The number of carbonyl (C=O) groups excluding carboxylic acids is 1. The van der Waals surface area contributed by atoms with E-state index in [-0.39, 0.29) is 18.1 Å². The first-order valence-electron chi connectivity index (χ1n) is 9.47. The molecule has 0 bridgehead atoms. The standard InChI is InChI=1S/C21H27N3O/c1-15(18-10-9-17-6-3-4-7-19(17)14-18)22-21(25)24-13-12-23-11-5-8-20(23)16(24)2/h5,8-11,14-16H,3-4,6-7,12-13H2,1-2H3,(H,22,25). The number of urea groups is 1. The van der Waals surface area contributed by atoms with Gasteiger partial charge < -0.3 is 14.8 Å². The number of aryl methyl sites for hydroxylation is 2. The third-order valence-electron chi connectivity index (χ3n) is 5.82. The Morgan fingerprint density at radius 2 is 1.96 bits per heavy atom. The number of benzene rings is 1. The van der Waals surface area contributed by atoms with Crippen molar-refractivity contribution in [3.8, 4) is 0 Å². The van der Waals surface area contributed by atoms with Crippen molar-refractivity contribution in [1.29, 1.82) is 0 Å². The number of fused-ring (bicyclic) bond motifs is 2. The van der Waals surface area contributed by atoms with Gasteiger partial charge in [0.1, 0.15) is 0 Å². The zero-order valence-corrected chi connectivity index (χ0v) is 15.2. The van der Waals surface area contributed by atoms with E-state index in [1.165, 1.54) is 48.1 Å². The summed E-state index contributed by atoms with van der Waals surface area (Å²) >= 11 is 0. The van der Waals surface area contributed by atoms with E-state index in [1.54, 1.807) is 0 Å². The number of carbonyl (C=O) groups is 1. The summed E-state index contributed by atoms with van der Waals surface area (Å²) in [7, 11) is 0. The first kappa shape index (κ1) is 16.2. The van der Waals surface area contributed by atoms with E-state index in [0.717, 1.165) is 13.1 Å². The van der Waals surface area contributed by atoms with E-state index < -0.39 is 0 Å².